The third-order valence-electron chi connectivity index (χ3n) is 2.57. The lowest BCUT2D eigenvalue weighted by atomic mass is 10.2. The third kappa shape index (κ3) is 2.08. The molecule has 0 spiro atoms. The lowest BCUT2D eigenvalue weighted by Gasteiger charge is -2.16. The summed E-state index contributed by atoms with van der Waals surface area (Å²) in [6, 6.07) is 3.78. The molecule has 0 bridgehead atoms. The fourth-order valence-corrected chi connectivity index (χ4v) is 2.75. The lowest BCUT2D eigenvalue weighted by Crippen LogP contribution is -2.30. The number of amides is 1. The van der Waals surface area contributed by atoms with E-state index >= 15 is 0 Å². The maximum absolute atomic E-state index is 11.1. The molecule has 0 unspecified atom stereocenters. The van der Waals surface area contributed by atoms with Gasteiger partial charge in [0.2, 0.25) is 0 Å². The number of rotatable bonds is 1. The second-order valence-electron chi connectivity index (χ2n) is 4.31. The van der Waals surface area contributed by atoms with E-state index in [2.05, 4.69) is 15.5 Å². The van der Waals surface area contributed by atoms with Gasteiger partial charge >= 0.3 is 6.09 Å². The van der Waals surface area contributed by atoms with Crippen molar-refractivity contribution in [1.82, 2.24) is 14.9 Å². The molecule has 1 N–H and O–H groups in total. The zero-order chi connectivity index (χ0) is 14.9. The van der Waals surface area contributed by atoms with Crippen molar-refractivity contribution in [2.45, 2.75) is 23.8 Å². The summed E-state index contributed by atoms with van der Waals surface area (Å²) in [5.41, 5.74) is 0.109. The van der Waals surface area contributed by atoms with Gasteiger partial charge in [0.05, 0.1) is 4.75 Å². The Morgan fingerprint density at radius 1 is 1.50 bits per heavy atom. The third-order valence-corrected chi connectivity index (χ3v) is 3.72. The van der Waals surface area contributed by atoms with Crippen molar-refractivity contribution < 1.29 is 9.63 Å². The molecule has 102 valence electrons. The second kappa shape index (κ2) is 4.87. The van der Waals surface area contributed by atoms with Crippen LogP contribution >= 0.6 is 11.8 Å². The van der Waals surface area contributed by atoms with Crippen molar-refractivity contribution in [2.24, 2.45) is 5.16 Å². The van der Waals surface area contributed by atoms with Gasteiger partial charge in [0.1, 0.15) is 12.1 Å². The van der Waals surface area contributed by atoms with Gasteiger partial charge in [-0.3, -0.25) is 9.40 Å². The molecule has 1 aliphatic heterocycles. The van der Waals surface area contributed by atoms with Crippen LogP contribution in [0.2, 0.25) is 0 Å². The largest absolute Gasteiger partial charge is 0.433 e. The molecule has 8 nitrogen and oxygen atoms in total. The summed E-state index contributed by atoms with van der Waals surface area (Å²) in [6.45, 7) is 3.71. The summed E-state index contributed by atoms with van der Waals surface area (Å²) in [7, 11) is 1.41. The molecule has 0 atom stereocenters. The molecular weight excluding hydrogens is 280 g/mol. The molecule has 0 aliphatic carbocycles. The highest BCUT2D eigenvalue weighted by Gasteiger charge is 2.41. The van der Waals surface area contributed by atoms with E-state index in [1.165, 1.54) is 23.4 Å². The van der Waals surface area contributed by atoms with E-state index in [0.717, 1.165) is 0 Å². The molecular formula is C11H10N6O2S. The molecule has 2 rings (SSSR count). The predicted molar refractivity (Wildman–Crippen MR) is 70.0 cm³/mol. The summed E-state index contributed by atoms with van der Waals surface area (Å²) in [4.78, 5) is 19.9. The Morgan fingerprint density at radius 3 is 2.75 bits per heavy atom. The molecule has 1 aromatic rings. The fraction of sp³-hybridized carbons (Fsp3) is 0.364. The maximum Gasteiger partial charge on any atom is 0.433 e. The standard InChI is InChI=1S/C11H10N6O2S/c1-11(2)8(16-19-10(18)14-3)17-7(5-13)6(4-12)15-9(17)20-11/h1-3H3,(H,14,18). The average Bonchev–Trinajstić information content (AvgIpc) is 2.86. The van der Waals surface area contributed by atoms with Crippen LogP contribution in [0.5, 0.6) is 0 Å². The van der Waals surface area contributed by atoms with E-state index in [-0.39, 0.29) is 11.4 Å². The molecule has 1 amide bonds. The normalized spacial score (nSPS) is 17.1. The van der Waals surface area contributed by atoms with Gasteiger partial charge in [0.25, 0.3) is 0 Å². The van der Waals surface area contributed by atoms with Crippen molar-refractivity contribution in [3.63, 3.8) is 0 Å². The van der Waals surface area contributed by atoms with Crippen molar-refractivity contribution in [2.75, 3.05) is 7.05 Å². The number of nitrogens with zero attached hydrogens (tertiary/aromatic N) is 5. The first-order valence-corrected chi connectivity index (χ1v) is 6.35. The molecule has 0 radical (unpaired) electrons. The zero-order valence-corrected chi connectivity index (χ0v) is 11.8. The van der Waals surface area contributed by atoms with Crippen LogP contribution in [0.25, 0.3) is 0 Å². The SMILES string of the molecule is CNC(=O)ON=C1n2c(nc(C#N)c2C#N)SC1(C)C. The first kappa shape index (κ1) is 13.9. The molecule has 20 heavy (non-hydrogen) atoms. The molecule has 0 aromatic carbocycles. The number of nitrogens with one attached hydrogen (secondary N) is 1. The number of carbonyl (C=O) groups is 1. The number of hydrogen-bond acceptors (Lipinski definition) is 7. The van der Waals surface area contributed by atoms with Crippen LogP contribution in [0, 0.1) is 22.7 Å². The highest BCUT2D eigenvalue weighted by atomic mass is 32.2. The van der Waals surface area contributed by atoms with Gasteiger partial charge in [-0.15, -0.1) is 0 Å². The van der Waals surface area contributed by atoms with Gasteiger partial charge in [-0.2, -0.15) is 10.5 Å². The van der Waals surface area contributed by atoms with Gasteiger partial charge in [-0.1, -0.05) is 16.9 Å². The highest BCUT2D eigenvalue weighted by molar-refractivity contribution is 8.01. The van der Waals surface area contributed by atoms with Gasteiger partial charge in [0.15, 0.2) is 22.4 Å². The van der Waals surface area contributed by atoms with E-state index in [1.807, 2.05) is 26.0 Å². The monoisotopic (exact) mass is 290 g/mol. The first-order chi connectivity index (χ1) is 9.44. The highest BCUT2D eigenvalue weighted by Crippen LogP contribution is 2.41. The van der Waals surface area contributed by atoms with Crippen molar-refractivity contribution in [3.8, 4) is 12.1 Å². The van der Waals surface area contributed by atoms with Gasteiger partial charge < -0.3 is 5.32 Å². The molecule has 1 aliphatic rings. The molecule has 0 saturated heterocycles. The first-order valence-electron chi connectivity index (χ1n) is 5.54. The van der Waals surface area contributed by atoms with E-state index < -0.39 is 10.8 Å². The number of thioether (sulfide) groups is 1. The van der Waals surface area contributed by atoms with E-state index in [0.29, 0.717) is 11.0 Å². The van der Waals surface area contributed by atoms with Crippen LogP contribution < -0.4 is 5.32 Å². The second-order valence-corrected chi connectivity index (χ2v) is 5.90. The van der Waals surface area contributed by atoms with Crippen LogP contribution in [0.4, 0.5) is 4.79 Å². The van der Waals surface area contributed by atoms with Crippen LogP contribution in [-0.4, -0.2) is 33.3 Å². The Bertz CT molecular complexity index is 691. The number of carbonyl (C=O) groups excluding carboxylic acids is 1. The number of nitriles is 2. The molecule has 0 fully saturated rings. The molecule has 1 aromatic heterocycles. The van der Waals surface area contributed by atoms with Crippen molar-refractivity contribution >= 4 is 23.7 Å². The average molecular weight is 290 g/mol. The van der Waals surface area contributed by atoms with Gasteiger partial charge in [-0.05, 0) is 13.8 Å². The quantitative estimate of drug-likeness (QED) is 0.610. The molecule has 9 heteroatoms. The summed E-state index contributed by atoms with van der Waals surface area (Å²) in [6.07, 6.45) is -0.717. The molecule has 0 saturated carbocycles. The van der Waals surface area contributed by atoms with E-state index in [4.69, 9.17) is 15.4 Å². The van der Waals surface area contributed by atoms with Crippen LogP contribution in [-0.2, 0) is 4.84 Å². The number of aromatic nitrogens is 2. The summed E-state index contributed by atoms with van der Waals surface area (Å²) in [5.74, 6) is 0.339. The topological polar surface area (TPSA) is 116 Å². The summed E-state index contributed by atoms with van der Waals surface area (Å²) in [5, 5.41) is 24.7. The van der Waals surface area contributed by atoms with Gasteiger partial charge in [0, 0.05) is 7.05 Å². The number of hydrogen-bond donors (Lipinski definition) is 1. The minimum Gasteiger partial charge on any atom is -0.323 e. The van der Waals surface area contributed by atoms with Crippen LogP contribution in [0.15, 0.2) is 10.3 Å². The van der Waals surface area contributed by atoms with E-state index in [9.17, 15) is 4.79 Å². The predicted octanol–water partition coefficient (Wildman–Crippen LogP) is 1.03. The number of oxime groups is 1. The van der Waals surface area contributed by atoms with Crippen LogP contribution in [0.1, 0.15) is 25.2 Å². The fourth-order valence-electron chi connectivity index (χ4n) is 1.67. The number of fused-ring (bicyclic) bond motifs is 1. The Kier molecular flexibility index (Phi) is 3.38. The van der Waals surface area contributed by atoms with Crippen molar-refractivity contribution in [1.29, 1.82) is 10.5 Å². The Morgan fingerprint density at radius 2 is 2.20 bits per heavy atom. The Balaban J connectivity index is 2.54. The maximum atomic E-state index is 11.1. The minimum absolute atomic E-state index is 0.0261. The van der Waals surface area contributed by atoms with E-state index in [1.54, 1.807) is 0 Å². The van der Waals surface area contributed by atoms with Gasteiger partial charge in [-0.25, -0.2) is 9.78 Å². The lowest BCUT2D eigenvalue weighted by molar-refractivity contribution is 0.152. The van der Waals surface area contributed by atoms with Crippen molar-refractivity contribution in [3.05, 3.63) is 11.4 Å². The Labute approximate surface area is 119 Å². The summed E-state index contributed by atoms with van der Waals surface area (Å²) >= 11 is 1.33. The zero-order valence-electron chi connectivity index (χ0n) is 11.0. The van der Waals surface area contributed by atoms with Crippen LogP contribution in [0.3, 0.4) is 0 Å². The number of imidazole rings is 1. The Hall–Kier alpha value is -2.52. The smallest absolute Gasteiger partial charge is 0.323 e. The minimum atomic E-state index is -0.717. The summed E-state index contributed by atoms with van der Waals surface area (Å²) < 4.78 is 0.905. The molecule has 2 heterocycles.